The SMILES string of the molecule is COc1ccc(C(CNc2ccc(S(=O)(=O)N(C(C)C)C(C)C)cn2)N2CCOCC2)cc1. The Kier molecular flexibility index (Phi) is 8.69. The van der Waals surface area contributed by atoms with Gasteiger partial charge in [-0.1, -0.05) is 12.1 Å². The minimum Gasteiger partial charge on any atom is -0.497 e. The molecule has 8 nitrogen and oxygen atoms in total. The predicted octanol–water partition coefficient (Wildman–Crippen LogP) is 3.38. The second kappa shape index (κ2) is 11.3. The first-order valence-electron chi connectivity index (χ1n) is 11.4. The molecule has 1 aromatic carbocycles. The molecular formula is C24H36N4O4S. The van der Waals surface area contributed by atoms with E-state index in [4.69, 9.17) is 9.47 Å². The van der Waals surface area contributed by atoms with Crippen molar-refractivity contribution >= 4 is 15.8 Å². The van der Waals surface area contributed by atoms with E-state index in [-0.39, 0.29) is 23.0 Å². The lowest BCUT2D eigenvalue weighted by atomic mass is 10.0. The molecule has 1 unspecified atom stereocenters. The van der Waals surface area contributed by atoms with Crippen LogP contribution in [-0.2, 0) is 14.8 Å². The van der Waals surface area contributed by atoms with Crippen molar-refractivity contribution in [3.05, 3.63) is 48.2 Å². The third-order valence-electron chi connectivity index (χ3n) is 5.79. The number of sulfonamides is 1. The van der Waals surface area contributed by atoms with E-state index in [1.807, 2.05) is 39.8 Å². The molecular weight excluding hydrogens is 440 g/mol. The van der Waals surface area contributed by atoms with Crippen LogP contribution in [0, 0.1) is 0 Å². The summed E-state index contributed by atoms with van der Waals surface area (Å²) in [5, 5.41) is 3.39. The summed E-state index contributed by atoms with van der Waals surface area (Å²) in [5.41, 5.74) is 1.17. The number of nitrogens with zero attached hydrogens (tertiary/aromatic N) is 3. The van der Waals surface area contributed by atoms with E-state index in [1.54, 1.807) is 19.2 Å². The second-order valence-corrected chi connectivity index (χ2v) is 10.6. The van der Waals surface area contributed by atoms with E-state index in [9.17, 15) is 8.42 Å². The van der Waals surface area contributed by atoms with Crippen LogP contribution >= 0.6 is 0 Å². The molecule has 3 rings (SSSR count). The molecule has 0 aliphatic carbocycles. The Hall–Kier alpha value is -2.20. The van der Waals surface area contributed by atoms with Crippen LogP contribution in [0.3, 0.4) is 0 Å². The van der Waals surface area contributed by atoms with E-state index in [0.717, 1.165) is 18.8 Å². The highest BCUT2D eigenvalue weighted by Crippen LogP contribution is 2.25. The zero-order valence-corrected chi connectivity index (χ0v) is 21.0. The number of nitrogens with one attached hydrogen (secondary N) is 1. The summed E-state index contributed by atoms with van der Waals surface area (Å²) in [7, 11) is -1.95. The quantitative estimate of drug-likeness (QED) is 0.563. The average Bonchev–Trinajstić information content (AvgIpc) is 2.80. The van der Waals surface area contributed by atoms with E-state index < -0.39 is 10.0 Å². The van der Waals surface area contributed by atoms with Crippen molar-refractivity contribution in [1.29, 1.82) is 0 Å². The van der Waals surface area contributed by atoms with Gasteiger partial charge in [0.05, 0.1) is 26.4 Å². The number of pyridine rings is 1. The number of hydrogen-bond acceptors (Lipinski definition) is 7. The van der Waals surface area contributed by atoms with Crippen LogP contribution in [-0.4, -0.2) is 74.6 Å². The van der Waals surface area contributed by atoms with Crippen molar-refractivity contribution in [3.8, 4) is 5.75 Å². The van der Waals surface area contributed by atoms with Crippen molar-refractivity contribution in [2.45, 2.75) is 50.7 Å². The van der Waals surface area contributed by atoms with Crippen LogP contribution in [0.5, 0.6) is 5.75 Å². The van der Waals surface area contributed by atoms with Crippen LogP contribution in [0.1, 0.15) is 39.3 Å². The molecule has 0 spiro atoms. The molecule has 1 atom stereocenters. The van der Waals surface area contributed by atoms with Crippen LogP contribution in [0.15, 0.2) is 47.5 Å². The molecule has 33 heavy (non-hydrogen) atoms. The number of rotatable bonds is 10. The molecule has 2 aromatic rings. The first-order valence-corrected chi connectivity index (χ1v) is 12.9. The number of anilines is 1. The summed E-state index contributed by atoms with van der Waals surface area (Å²) in [6, 6.07) is 11.3. The van der Waals surface area contributed by atoms with Gasteiger partial charge in [0.15, 0.2) is 0 Å². The van der Waals surface area contributed by atoms with E-state index in [0.29, 0.717) is 25.6 Å². The normalized spacial score (nSPS) is 16.4. The highest BCUT2D eigenvalue weighted by Gasteiger charge is 2.29. The van der Waals surface area contributed by atoms with Crippen molar-refractivity contribution in [1.82, 2.24) is 14.2 Å². The Morgan fingerprint density at radius 3 is 2.21 bits per heavy atom. The first kappa shape index (κ1) is 25.4. The Balaban J connectivity index is 1.75. The maximum atomic E-state index is 13.1. The van der Waals surface area contributed by atoms with Gasteiger partial charge in [0.2, 0.25) is 10.0 Å². The van der Waals surface area contributed by atoms with Crippen LogP contribution in [0.25, 0.3) is 0 Å². The van der Waals surface area contributed by atoms with Gasteiger partial charge >= 0.3 is 0 Å². The molecule has 1 N–H and O–H groups in total. The van der Waals surface area contributed by atoms with Gasteiger partial charge < -0.3 is 14.8 Å². The molecule has 2 heterocycles. The number of aromatic nitrogens is 1. The van der Waals surface area contributed by atoms with Gasteiger partial charge in [-0.15, -0.1) is 0 Å². The van der Waals surface area contributed by atoms with E-state index in [1.165, 1.54) is 16.1 Å². The number of methoxy groups -OCH3 is 1. The lowest BCUT2D eigenvalue weighted by Gasteiger charge is -2.35. The molecule has 0 amide bonds. The summed E-state index contributed by atoms with van der Waals surface area (Å²) in [4.78, 5) is 7.00. The number of morpholine rings is 1. The fourth-order valence-electron chi connectivity index (χ4n) is 4.28. The number of benzene rings is 1. The van der Waals surface area contributed by atoms with Gasteiger partial charge in [0, 0.05) is 37.9 Å². The molecule has 1 aliphatic heterocycles. The highest BCUT2D eigenvalue weighted by atomic mass is 32.2. The Morgan fingerprint density at radius 2 is 1.70 bits per heavy atom. The lowest BCUT2D eigenvalue weighted by Crippen LogP contribution is -2.42. The molecule has 1 aromatic heterocycles. The zero-order chi connectivity index (χ0) is 24.0. The predicted molar refractivity (Wildman–Crippen MR) is 130 cm³/mol. The zero-order valence-electron chi connectivity index (χ0n) is 20.2. The molecule has 182 valence electrons. The molecule has 1 fully saturated rings. The largest absolute Gasteiger partial charge is 0.497 e. The van der Waals surface area contributed by atoms with Crippen LogP contribution < -0.4 is 10.1 Å². The molecule has 0 radical (unpaired) electrons. The van der Waals surface area contributed by atoms with Crippen LogP contribution in [0.4, 0.5) is 5.82 Å². The second-order valence-electron chi connectivity index (χ2n) is 8.72. The van der Waals surface area contributed by atoms with Gasteiger partial charge in [-0.25, -0.2) is 13.4 Å². The third-order valence-corrected chi connectivity index (χ3v) is 8.03. The molecule has 1 saturated heterocycles. The smallest absolute Gasteiger partial charge is 0.245 e. The van der Waals surface area contributed by atoms with E-state index >= 15 is 0 Å². The van der Waals surface area contributed by atoms with Gasteiger partial charge in [-0.3, -0.25) is 4.90 Å². The Labute approximate surface area is 198 Å². The number of ether oxygens (including phenoxy) is 2. The van der Waals surface area contributed by atoms with Crippen LogP contribution in [0.2, 0.25) is 0 Å². The summed E-state index contributed by atoms with van der Waals surface area (Å²) in [6.07, 6.45) is 1.44. The Morgan fingerprint density at radius 1 is 1.06 bits per heavy atom. The topological polar surface area (TPSA) is 84.0 Å². The fraction of sp³-hybridized carbons (Fsp3) is 0.542. The van der Waals surface area contributed by atoms with Gasteiger partial charge in [0.1, 0.15) is 16.5 Å². The maximum Gasteiger partial charge on any atom is 0.245 e. The molecule has 1 aliphatic rings. The Bertz CT molecular complexity index is 965. The van der Waals surface area contributed by atoms with E-state index in [2.05, 4.69) is 27.3 Å². The van der Waals surface area contributed by atoms with Gasteiger partial charge in [-0.2, -0.15) is 4.31 Å². The van der Waals surface area contributed by atoms with Crippen molar-refractivity contribution in [2.24, 2.45) is 0 Å². The van der Waals surface area contributed by atoms with Gasteiger partial charge in [0.25, 0.3) is 0 Å². The van der Waals surface area contributed by atoms with Gasteiger partial charge in [-0.05, 0) is 57.5 Å². The first-order chi connectivity index (χ1) is 15.7. The molecule has 0 saturated carbocycles. The van der Waals surface area contributed by atoms with Crippen molar-refractivity contribution < 1.29 is 17.9 Å². The third kappa shape index (κ3) is 6.23. The maximum absolute atomic E-state index is 13.1. The highest BCUT2D eigenvalue weighted by molar-refractivity contribution is 7.89. The number of hydrogen-bond donors (Lipinski definition) is 1. The van der Waals surface area contributed by atoms with Crippen molar-refractivity contribution in [3.63, 3.8) is 0 Å². The molecule has 0 bridgehead atoms. The summed E-state index contributed by atoms with van der Waals surface area (Å²) < 4.78 is 38.5. The standard InChI is InChI=1S/C24H36N4O4S/c1-18(2)28(19(3)4)33(29,30)22-10-11-24(25-16-22)26-17-23(27-12-14-32-15-13-27)20-6-8-21(31-5)9-7-20/h6-11,16,18-19,23H,12-15,17H2,1-5H3,(H,25,26). The average molecular weight is 477 g/mol. The fourth-order valence-corrected chi connectivity index (χ4v) is 6.06. The summed E-state index contributed by atoms with van der Waals surface area (Å²) >= 11 is 0. The summed E-state index contributed by atoms with van der Waals surface area (Å²) in [5.74, 6) is 1.46. The lowest BCUT2D eigenvalue weighted by molar-refractivity contribution is 0.0187. The van der Waals surface area contributed by atoms with Crippen molar-refractivity contribution in [2.75, 3.05) is 45.3 Å². The minimum absolute atomic E-state index is 0.127. The summed E-state index contributed by atoms with van der Waals surface area (Å²) in [6.45, 7) is 11.3. The molecule has 9 heteroatoms. The minimum atomic E-state index is -3.61. The monoisotopic (exact) mass is 476 g/mol.